The van der Waals surface area contributed by atoms with Gasteiger partial charge in [0.2, 0.25) is 0 Å². The van der Waals surface area contributed by atoms with Gasteiger partial charge in [0.15, 0.2) is 11.5 Å². The van der Waals surface area contributed by atoms with E-state index in [1.54, 1.807) is 47.4 Å². The van der Waals surface area contributed by atoms with Gasteiger partial charge < -0.3 is 24.4 Å². The first-order valence-corrected chi connectivity index (χ1v) is 12.3. The molecule has 1 heterocycles. The van der Waals surface area contributed by atoms with Crippen LogP contribution in [0, 0.1) is 0 Å². The van der Waals surface area contributed by atoms with Gasteiger partial charge in [-0.3, -0.25) is 9.59 Å². The largest absolute Gasteiger partial charge is 0.507 e. The highest BCUT2D eigenvalue weighted by atomic mass is 35.5. The Hall–Kier alpha value is -3.03. The Labute approximate surface area is 211 Å². The van der Waals surface area contributed by atoms with E-state index in [4.69, 9.17) is 21.1 Å². The first kappa shape index (κ1) is 26.6. The first-order chi connectivity index (χ1) is 16.9. The second-order valence-corrected chi connectivity index (χ2v) is 8.66. The summed E-state index contributed by atoms with van der Waals surface area (Å²) in [5, 5.41) is 11.7. The first-order valence-electron chi connectivity index (χ1n) is 11.9. The Morgan fingerprint density at radius 3 is 2.34 bits per heavy atom. The van der Waals surface area contributed by atoms with E-state index in [9.17, 15) is 14.7 Å². The number of carbonyl (C=O) groups excluding carboxylic acids is 2. The van der Waals surface area contributed by atoms with Crippen LogP contribution in [0.1, 0.15) is 44.4 Å². The van der Waals surface area contributed by atoms with Gasteiger partial charge >= 0.3 is 0 Å². The quantitative estimate of drug-likeness (QED) is 0.268. The molecule has 1 atom stereocenters. The molecule has 1 aliphatic rings. The zero-order chi connectivity index (χ0) is 25.5. The zero-order valence-electron chi connectivity index (χ0n) is 20.7. The number of hydrogen-bond donors (Lipinski definition) is 1. The lowest BCUT2D eigenvalue weighted by molar-refractivity contribution is -0.140. The van der Waals surface area contributed by atoms with Crippen molar-refractivity contribution < 1.29 is 24.2 Å². The fourth-order valence-corrected chi connectivity index (χ4v) is 4.48. The second-order valence-electron chi connectivity index (χ2n) is 8.22. The SMILES string of the molecule is CCOc1ccc(C2C(=C(O)c3ccc(Cl)cc3)C(=O)C(=O)N2CCCN(CC)CC)cc1OC. The minimum absolute atomic E-state index is 0.0476. The fourth-order valence-electron chi connectivity index (χ4n) is 4.35. The van der Waals surface area contributed by atoms with Crippen LogP contribution in [0.4, 0.5) is 0 Å². The van der Waals surface area contributed by atoms with E-state index < -0.39 is 17.7 Å². The van der Waals surface area contributed by atoms with Crippen LogP contribution in [0.15, 0.2) is 48.0 Å². The average molecular weight is 501 g/mol. The number of aliphatic hydroxyl groups excluding tert-OH is 1. The lowest BCUT2D eigenvalue weighted by Crippen LogP contribution is -2.33. The maximum absolute atomic E-state index is 13.2. The summed E-state index contributed by atoms with van der Waals surface area (Å²) in [4.78, 5) is 30.2. The number of likely N-dealkylation sites (tertiary alicyclic amines) is 1. The summed E-state index contributed by atoms with van der Waals surface area (Å²) in [7, 11) is 1.54. The number of halogens is 1. The molecule has 8 heteroatoms. The van der Waals surface area contributed by atoms with Crippen LogP contribution < -0.4 is 9.47 Å². The van der Waals surface area contributed by atoms with Crippen LogP contribution in [0.2, 0.25) is 5.02 Å². The van der Waals surface area contributed by atoms with Crippen molar-refractivity contribution in [2.45, 2.75) is 33.2 Å². The van der Waals surface area contributed by atoms with Gasteiger partial charge in [-0.05, 0) is 74.9 Å². The number of ketones is 1. The van der Waals surface area contributed by atoms with E-state index in [0.717, 1.165) is 19.6 Å². The Bertz CT molecular complexity index is 1080. The van der Waals surface area contributed by atoms with Crippen molar-refractivity contribution in [1.29, 1.82) is 0 Å². The molecule has 1 amide bonds. The standard InChI is InChI=1S/C27H33ClN2O5/c1-5-29(6-2)15-8-16-30-24(19-11-14-21(35-7-3)22(17-19)34-4)23(26(32)27(30)33)25(31)18-9-12-20(28)13-10-18/h9-14,17,24,31H,5-8,15-16H2,1-4H3. The number of aliphatic hydroxyl groups is 1. The van der Waals surface area contributed by atoms with Crippen molar-refractivity contribution in [2.75, 3.05) is 39.9 Å². The predicted octanol–water partition coefficient (Wildman–Crippen LogP) is 4.90. The van der Waals surface area contributed by atoms with Crippen molar-refractivity contribution in [3.8, 4) is 11.5 Å². The Morgan fingerprint density at radius 2 is 1.74 bits per heavy atom. The molecular formula is C27H33ClN2O5. The summed E-state index contributed by atoms with van der Waals surface area (Å²) < 4.78 is 11.1. The lowest BCUT2D eigenvalue weighted by atomic mass is 9.95. The number of methoxy groups -OCH3 is 1. The van der Waals surface area contributed by atoms with Gasteiger partial charge in [0.05, 0.1) is 25.3 Å². The molecule has 0 radical (unpaired) electrons. The maximum Gasteiger partial charge on any atom is 0.295 e. The van der Waals surface area contributed by atoms with Crippen molar-refractivity contribution in [3.63, 3.8) is 0 Å². The van der Waals surface area contributed by atoms with Crippen molar-refractivity contribution in [2.24, 2.45) is 0 Å². The van der Waals surface area contributed by atoms with Gasteiger partial charge in [0.25, 0.3) is 11.7 Å². The van der Waals surface area contributed by atoms with Gasteiger partial charge in [-0.15, -0.1) is 0 Å². The van der Waals surface area contributed by atoms with Crippen molar-refractivity contribution in [1.82, 2.24) is 9.80 Å². The molecule has 2 aromatic carbocycles. The van der Waals surface area contributed by atoms with E-state index in [1.807, 2.05) is 6.92 Å². The molecule has 1 N–H and O–H groups in total. The monoisotopic (exact) mass is 500 g/mol. The van der Waals surface area contributed by atoms with Crippen LogP contribution in [-0.2, 0) is 9.59 Å². The number of nitrogens with zero attached hydrogens (tertiary/aromatic N) is 2. The molecule has 35 heavy (non-hydrogen) atoms. The van der Waals surface area contributed by atoms with E-state index in [2.05, 4.69) is 18.7 Å². The summed E-state index contributed by atoms with van der Waals surface area (Å²) in [6, 6.07) is 11.1. The molecule has 2 aromatic rings. The van der Waals surface area contributed by atoms with Gasteiger partial charge in [-0.1, -0.05) is 31.5 Å². The molecule has 0 spiro atoms. The summed E-state index contributed by atoms with van der Waals surface area (Å²) >= 11 is 6.00. The van der Waals surface area contributed by atoms with Crippen LogP contribution in [0.5, 0.6) is 11.5 Å². The van der Waals surface area contributed by atoms with E-state index in [0.29, 0.717) is 47.2 Å². The Balaban J connectivity index is 2.08. The molecular weight excluding hydrogens is 468 g/mol. The predicted molar refractivity (Wildman–Crippen MR) is 137 cm³/mol. The summed E-state index contributed by atoms with van der Waals surface area (Å²) in [6.45, 7) is 9.52. The highest BCUT2D eigenvalue weighted by molar-refractivity contribution is 6.46. The number of hydrogen-bond acceptors (Lipinski definition) is 6. The fraction of sp³-hybridized carbons (Fsp3) is 0.407. The van der Waals surface area contributed by atoms with Gasteiger partial charge in [-0.25, -0.2) is 0 Å². The molecule has 0 bridgehead atoms. The molecule has 7 nitrogen and oxygen atoms in total. The third-order valence-electron chi connectivity index (χ3n) is 6.23. The molecule has 188 valence electrons. The Morgan fingerprint density at radius 1 is 1.06 bits per heavy atom. The summed E-state index contributed by atoms with van der Waals surface area (Å²) in [5.41, 5.74) is 1.12. The normalized spacial score (nSPS) is 17.3. The van der Waals surface area contributed by atoms with E-state index >= 15 is 0 Å². The molecule has 0 aromatic heterocycles. The number of rotatable bonds is 11. The summed E-state index contributed by atoms with van der Waals surface area (Å²) in [6.07, 6.45) is 0.695. The minimum atomic E-state index is -0.757. The van der Waals surface area contributed by atoms with Crippen LogP contribution in [-0.4, -0.2) is 66.5 Å². The van der Waals surface area contributed by atoms with E-state index in [-0.39, 0.29) is 11.3 Å². The van der Waals surface area contributed by atoms with Gasteiger partial charge in [0.1, 0.15) is 5.76 Å². The molecule has 1 unspecified atom stereocenters. The van der Waals surface area contributed by atoms with Crippen LogP contribution in [0.3, 0.4) is 0 Å². The molecule has 0 saturated carbocycles. The molecule has 1 saturated heterocycles. The average Bonchev–Trinajstić information content (AvgIpc) is 3.12. The third kappa shape index (κ3) is 5.80. The van der Waals surface area contributed by atoms with Gasteiger partial charge in [-0.2, -0.15) is 0 Å². The molecule has 3 rings (SSSR count). The second kappa shape index (κ2) is 12.1. The molecule has 1 aliphatic heterocycles. The number of ether oxygens (including phenoxy) is 2. The van der Waals surface area contributed by atoms with E-state index in [1.165, 1.54) is 7.11 Å². The van der Waals surface area contributed by atoms with Crippen LogP contribution >= 0.6 is 11.6 Å². The number of benzene rings is 2. The summed E-state index contributed by atoms with van der Waals surface area (Å²) in [5.74, 6) is -0.514. The number of amides is 1. The highest BCUT2D eigenvalue weighted by Gasteiger charge is 2.46. The van der Waals surface area contributed by atoms with Crippen molar-refractivity contribution >= 4 is 29.1 Å². The van der Waals surface area contributed by atoms with Crippen molar-refractivity contribution in [3.05, 3.63) is 64.2 Å². The van der Waals surface area contributed by atoms with Crippen LogP contribution in [0.25, 0.3) is 5.76 Å². The number of Topliss-reactive ketones (excluding diaryl/α,β-unsaturated/α-hetero) is 1. The topological polar surface area (TPSA) is 79.3 Å². The molecule has 1 fully saturated rings. The smallest absolute Gasteiger partial charge is 0.295 e. The Kier molecular flexibility index (Phi) is 9.18. The third-order valence-corrected chi connectivity index (χ3v) is 6.48. The minimum Gasteiger partial charge on any atom is -0.507 e. The zero-order valence-corrected chi connectivity index (χ0v) is 21.5. The maximum atomic E-state index is 13.2. The molecule has 0 aliphatic carbocycles. The van der Waals surface area contributed by atoms with Gasteiger partial charge in [0, 0.05) is 17.1 Å². The number of carbonyl (C=O) groups is 2. The lowest BCUT2D eigenvalue weighted by Gasteiger charge is -2.27. The highest BCUT2D eigenvalue weighted by Crippen LogP contribution is 2.42.